The SMILES string of the molecule is CCN(CCCC(=O)[N+]1(N(C)C)CCCCC1)C(C)Cc1ccc(OC)cc1. The predicted octanol–water partition coefficient (Wildman–Crippen LogP) is 3.73. The summed E-state index contributed by atoms with van der Waals surface area (Å²) < 4.78 is 5.80. The molecule has 0 N–H and O–H groups in total. The summed E-state index contributed by atoms with van der Waals surface area (Å²) in [6.07, 6.45) is 6.20. The van der Waals surface area contributed by atoms with Crippen LogP contribution >= 0.6 is 0 Å². The Balaban J connectivity index is 1.85. The maximum atomic E-state index is 13.1. The van der Waals surface area contributed by atoms with Gasteiger partial charge < -0.3 is 9.64 Å². The number of hydrogen-bond acceptors (Lipinski definition) is 4. The van der Waals surface area contributed by atoms with E-state index in [0.717, 1.165) is 57.6 Å². The molecule has 1 heterocycles. The number of piperidine rings is 1. The third-order valence-electron chi connectivity index (χ3n) is 6.34. The molecule has 1 aliphatic heterocycles. The van der Waals surface area contributed by atoms with E-state index in [4.69, 9.17) is 4.74 Å². The van der Waals surface area contributed by atoms with Crippen molar-refractivity contribution in [1.29, 1.82) is 0 Å². The Morgan fingerprint density at radius 1 is 1.14 bits per heavy atom. The lowest BCUT2D eigenvalue weighted by molar-refractivity contribution is -0.966. The Kier molecular flexibility index (Phi) is 8.93. The van der Waals surface area contributed by atoms with Gasteiger partial charge >= 0.3 is 5.91 Å². The van der Waals surface area contributed by atoms with Gasteiger partial charge in [-0.3, -0.25) is 0 Å². The summed E-state index contributed by atoms with van der Waals surface area (Å²) in [7, 11) is 5.81. The van der Waals surface area contributed by atoms with Crippen LogP contribution in [-0.4, -0.2) is 73.8 Å². The maximum absolute atomic E-state index is 13.1. The van der Waals surface area contributed by atoms with Gasteiger partial charge in [0.05, 0.1) is 13.5 Å². The lowest BCUT2D eigenvalue weighted by atomic mass is 10.0. The van der Waals surface area contributed by atoms with Crippen molar-refractivity contribution in [3.05, 3.63) is 29.8 Å². The van der Waals surface area contributed by atoms with Gasteiger partial charge in [0.25, 0.3) is 0 Å². The molecule has 2 rings (SSSR count). The lowest BCUT2D eigenvalue weighted by Gasteiger charge is -2.42. The van der Waals surface area contributed by atoms with E-state index >= 15 is 0 Å². The topological polar surface area (TPSA) is 32.8 Å². The Labute approximate surface area is 171 Å². The molecule has 1 fully saturated rings. The van der Waals surface area contributed by atoms with Gasteiger partial charge in [-0.15, -0.1) is 0 Å². The second-order valence-corrected chi connectivity index (χ2v) is 8.30. The first kappa shape index (κ1) is 22.9. The molecule has 1 amide bonds. The van der Waals surface area contributed by atoms with Crippen LogP contribution in [0, 0.1) is 0 Å². The Morgan fingerprint density at radius 3 is 2.32 bits per heavy atom. The minimum atomic E-state index is 0.392. The summed E-state index contributed by atoms with van der Waals surface area (Å²) >= 11 is 0. The van der Waals surface area contributed by atoms with E-state index in [0.29, 0.717) is 23.0 Å². The second kappa shape index (κ2) is 10.9. The summed E-state index contributed by atoms with van der Waals surface area (Å²) in [5.74, 6) is 1.29. The number of likely N-dealkylation sites (tertiary alicyclic amines) is 1. The van der Waals surface area contributed by atoms with Crippen LogP contribution in [-0.2, 0) is 11.2 Å². The number of quaternary nitrogens is 1. The summed E-state index contributed by atoms with van der Waals surface area (Å²) in [5.41, 5.74) is 1.33. The van der Waals surface area contributed by atoms with Crippen molar-refractivity contribution in [2.75, 3.05) is 47.4 Å². The smallest absolute Gasteiger partial charge is 0.332 e. The third-order valence-corrected chi connectivity index (χ3v) is 6.34. The fourth-order valence-corrected chi connectivity index (χ4v) is 4.47. The van der Waals surface area contributed by atoms with Gasteiger partial charge in [0.2, 0.25) is 0 Å². The lowest BCUT2D eigenvalue weighted by Crippen LogP contribution is -2.63. The molecule has 0 radical (unpaired) electrons. The van der Waals surface area contributed by atoms with Crippen molar-refractivity contribution in [3.8, 4) is 5.75 Å². The molecular formula is C23H40N3O2+. The molecule has 0 aromatic heterocycles. The van der Waals surface area contributed by atoms with E-state index in [1.54, 1.807) is 7.11 Å². The molecule has 0 saturated carbocycles. The number of likely N-dealkylation sites (N-methyl/N-ethyl adjacent to an activating group) is 1. The number of nitrogens with zero attached hydrogens (tertiary/aromatic N) is 3. The summed E-state index contributed by atoms with van der Waals surface area (Å²) in [4.78, 5) is 15.5. The summed E-state index contributed by atoms with van der Waals surface area (Å²) in [5, 5.41) is 2.13. The van der Waals surface area contributed by atoms with Crippen LogP contribution in [0.15, 0.2) is 24.3 Å². The van der Waals surface area contributed by atoms with Crippen LogP contribution in [0.5, 0.6) is 5.75 Å². The second-order valence-electron chi connectivity index (χ2n) is 8.30. The fourth-order valence-electron chi connectivity index (χ4n) is 4.47. The molecule has 5 nitrogen and oxygen atoms in total. The molecule has 0 spiro atoms. The van der Waals surface area contributed by atoms with Crippen molar-refractivity contribution in [2.45, 2.75) is 58.4 Å². The highest BCUT2D eigenvalue weighted by Gasteiger charge is 2.40. The van der Waals surface area contributed by atoms with Crippen molar-refractivity contribution < 1.29 is 14.1 Å². The molecule has 1 atom stereocenters. The molecule has 1 aromatic carbocycles. The third kappa shape index (κ3) is 5.79. The van der Waals surface area contributed by atoms with Gasteiger partial charge in [0, 0.05) is 20.1 Å². The van der Waals surface area contributed by atoms with Gasteiger partial charge in [-0.25, -0.2) is 4.79 Å². The highest BCUT2D eigenvalue weighted by molar-refractivity contribution is 5.68. The Bertz CT molecular complexity index is 594. The van der Waals surface area contributed by atoms with Crippen LogP contribution in [0.25, 0.3) is 0 Å². The Hall–Kier alpha value is -1.43. The van der Waals surface area contributed by atoms with E-state index in [1.807, 2.05) is 12.1 Å². The first-order chi connectivity index (χ1) is 13.4. The van der Waals surface area contributed by atoms with Gasteiger partial charge in [0.1, 0.15) is 18.8 Å². The van der Waals surface area contributed by atoms with E-state index in [2.05, 4.69) is 50.0 Å². The highest BCUT2D eigenvalue weighted by Crippen LogP contribution is 2.23. The number of hydrogen-bond donors (Lipinski definition) is 0. The van der Waals surface area contributed by atoms with Gasteiger partial charge in [-0.1, -0.05) is 19.1 Å². The molecule has 0 bridgehead atoms. The molecule has 1 saturated heterocycles. The number of rotatable bonds is 10. The van der Waals surface area contributed by atoms with Crippen molar-refractivity contribution in [3.63, 3.8) is 0 Å². The maximum Gasteiger partial charge on any atom is 0.332 e. The zero-order valence-corrected chi connectivity index (χ0v) is 18.6. The van der Waals surface area contributed by atoms with Crippen LogP contribution in [0.4, 0.5) is 0 Å². The van der Waals surface area contributed by atoms with Crippen molar-refractivity contribution >= 4 is 5.91 Å². The fraction of sp³-hybridized carbons (Fsp3) is 0.696. The summed E-state index contributed by atoms with van der Waals surface area (Å²) in [6, 6.07) is 8.81. The minimum absolute atomic E-state index is 0.392. The highest BCUT2D eigenvalue weighted by atomic mass is 16.5. The average Bonchev–Trinajstić information content (AvgIpc) is 2.71. The standard InChI is InChI=1S/C23H40N3O2/c1-6-25(20(2)19-21-12-14-22(28-5)15-13-21)16-10-11-23(27)26(24(3)4)17-8-7-9-18-26/h12-15,20H,6-11,16-19H2,1-5H3/q+1. The monoisotopic (exact) mass is 390 g/mol. The Morgan fingerprint density at radius 2 is 1.79 bits per heavy atom. The van der Waals surface area contributed by atoms with Crippen molar-refractivity contribution in [2.24, 2.45) is 0 Å². The van der Waals surface area contributed by atoms with Crippen LogP contribution in [0.3, 0.4) is 0 Å². The van der Waals surface area contributed by atoms with Crippen molar-refractivity contribution in [1.82, 2.24) is 9.91 Å². The zero-order valence-electron chi connectivity index (χ0n) is 18.6. The molecule has 28 heavy (non-hydrogen) atoms. The minimum Gasteiger partial charge on any atom is -0.497 e. The van der Waals surface area contributed by atoms with Crippen LogP contribution < -0.4 is 4.74 Å². The summed E-state index contributed by atoms with van der Waals surface area (Å²) in [6.45, 7) is 8.43. The van der Waals surface area contributed by atoms with E-state index < -0.39 is 0 Å². The molecule has 1 unspecified atom stereocenters. The van der Waals surface area contributed by atoms with Gasteiger partial charge in [0.15, 0.2) is 0 Å². The first-order valence-electron chi connectivity index (χ1n) is 10.9. The average molecular weight is 391 g/mol. The number of ether oxygens (including phenoxy) is 1. The molecule has 5 heteroatoms. The normalized spacial score (nSPS) is 17.7. The largest absolute Gasteiger partial charge is 0.497 e. The first-order valence-corrected chi connectivity index (χ1v) is 10.9. The van der Waals surface area contributed by atoms with E-state index in [-0.39, 0.29) is 0 Å². The number of benzene rings is 1. The molecular weight excluding hydrogens is 350 g/mol. The number of methoxy groups -OCH3 is 1. The number of carbonyl (C=O) groups is 1. The quantitative estimate of drug-likeness (QED) is 0.570. The number of carbonyl (C=O) groups excluding carboxylic acids is 1. The zero-order chi connectivity index (χ0) is 20.6. The molecule has 158 valence electrons. The van der Waals surface area contributed by atoms with Crippen LogP contribution in [0.2, 0.25) is 0 Å². The predicted molar refractivity (Wildman–Crippen MR) is 115 cm³/mol. The molecule has 1 aliphatic rings. The molecule has 1 aromatic rings. The number of amides is 1. The van der Waals surface area contributed by atoms with Gasteiger partial charge in [-0.05, 0) is 69.8 Å². The van der Waals surface area contributed by atoms with E-state index in [1.165, 1.54) is 12.0 Å². The van der Waals surface area contributed by atoms with Gasteiger partial charge in [-0.2, -0.15) is 9.60 Å². The molecule has 0 aliphatic carbocycles. The van der Waals surface area contributed by atoms with Crippen LogP contribution in [0.1, 0.15) is 51.5 Å². The van der Waals surface area contributed by atoms with E-state index in [9.17, 15) is 4.79 Å².